The van der Waals surface area contributed by atoms with Crippen molar-refractivity contribution in [2.45, 2.75) is 44.6 Å². The first-order valence-corrected chi connectivity index (χ1v) is 7.69. The van der Waals surface area contributed by atoms with Crippen LogP contribution in [0.5, 0.6) is 5.75 Å². The molecule has 1 aromatic carbocycles. The summed E-state index contributed by atoms with van der Waals surface area (Å²) in [7, 11) is 0. The molecule has 0 heterocycles. The lowest BCUT2D eigenvalue weighted by molar-refractivity contribution is 0.289. The molecule has 1 aliphatic rings. The van der Waals surface area contributed by atoms with Crippen molar-refractivity contribution in [3.63, 3.8) is 0 Å². The maximum absolute atomic E-state index is 6.22. The quantitative estimate of drug-likeness (QED) is 0.802. The molecule has 3 heteroatoms. The van der Waals surface area contributed by atoms with Crippen molar-refractivity contribution in [1.82, 2.24) is 0 Å². The van der Waals surface area contributed by atoms with Gasteiger partial charge in [-0.15, -0.1) is 0 Å². The van der Waals surface area contributed by atoms with Gasteiger partial charge in [0.15, 0.2) is 0 Å². The van der Waals surface area contributed by atoms with Crippen molar-refractivity contribution in [3.05, 3.63) is 28.7 Å². The number of benzene rings is 1. The van der Waals surface area contributed by atoms with Crippen LogP contribution in [0.1, 0.15) is 38.5 Å². The lowest BCUT2D eigenvalue weighted by Gasteiger charge is -2.18. The number of hydrogen-bond donors (Lipinski definition) is 1. The monoisotopic (exact) mass is 311 g/mol. The van der Waals surface area contributed by atoms with Gasteiger partial charge in [0.05, 0.1) is 6.61 Å². The van der Waals surface area contributed by atoms with E-state index in [-0.39, 0.29) is 0 Å². The van der Waals surface area contributed by atoms with E-state index in [1.165, 1.54) is 25.7 Å². The molecule has 0 radical (unpaired) electrons. The van der Waals surface area contributed by atoms with Crippen LogP contribution in [0.15, 0.2) is 28.7 Å². The van der Waals surface area contributed by atoms with Crippen LogP contribution in [0.2, 0.25) is 0 Å². The number of hydrogen-bond acceptors (Lipinski definition) is 2. The molecule has 2 rings (SSSR count). The second-order valence-corrected chi connectivity index (χ2v) is 6.07. The van der Waals surface area contributed by atoms with E-state index in [1.54, 1.807) is 0 Å². The first kappa shape index (κ1) is 13.9. The van der Waals surface area contributed by atoms with Gasteiger partial charge in [0, 0.05) is 10.5 Å². The van der Waals surface area contributed by atoms with Crippen molar-refractivity contribution in [3.8, 4) is 5.75 Å². The molecule has 1 unspecified atom stereocenters. The van der Waals surface area contributed by atoms with E-state index in [9.17, 15) is 0 Å². The summed E-state index contributed by atoms with van der Waals surface area (Å²) in [5, 5.41) is 0. The zero-order valence-electron chi connectivity index (χ0n) is 10.8. The topological polar surface area (TPSA) is 35.2 Å². The largest absolute Gasteiger partial charge is 0.494 e. The average Bonchev–Trinajstić information content (AvgIpc) is 2.88. The van der Waals surface area contributed by atoms with Crippen LogP contribution in [0.3, 0.4) is 0 Å². The summed E-state index contributed by atoms with van der Waals surface area (Å²) in [4.78, 5) is 0. The number of ether oxygens (including phenoxy) is 1. The summed E-state index contributed by atoms with van der Waals surface area (Å²) in [6.07, 6.45) is 7.52. The molecule has 2 N–H and O–H groups in total. The van der Waals surface area contributed by atoms with Gasteiger partial charge in [-0.3, -0.25) is 0 Å². The van der Waals surface area contributed by atoms with Gasteiger partial charge in [0.2, 0.25) is 0 Å². The van der Waals surface area contributed by atoms with Gasteiger partial charge >= 0.3 is 0 Å². The average molecular weight is 312 g/mol. The highest BCUT2D eigenvalue weighted by atomic mass is 79.9. The van der Waals surface area contributed by atoms with Gasteiger partial charge in [-0.1, -0.05) is 34.8 Å². The molecule has 0 saturated heterocycles. The standard InChI is InChI=1S/C15H22BrNO/c16-13-7-3-8-14(11-13)18-10-4-9-15(17)12-5-1-2-6-12/h3,7-8,11-12,15H,1-2,4-6,9-10,17H2. The van der Waals surface area contributed by atoms with Crippen molar-refractivity contribution < 1.29 is 4.74 Å². The molecule has 1 fully saturated rings. The third-order valence-corrected chi connectivity index (χ3v) is 4.25. The van der Waals surface area contributed by atoms with Crippen LogP contribution in [0, 0.1) is 5.92 Å². The Morgan fingerprint density at radius 1 is 1.33 bits per heavy atom. The number of halogens is 1. The van der Waals surface area contributed by atoms with Gasteiger partial charge < -0.3 is 10.5 Å². The summed E-state index contributed by atoms with van der Waals surface area (Å²) in [5.74, 6) is 1.69. The highest BCUT2D eigenvalue weighted by molar-refractivity contribution is 9.10. The predicted molar refractivity (Wildman–Crippen MR) is 78.8 cm³/mol. The second-order valence-electron chi connectivity index (χ2n) is 5.16. The zero-order chi connectivity index (χ0) is 12.8. The minimum Gasteiger partial charge on any atom is -0.494 e. The Labute approximate surface area is 118 Å². The molecule has 1 aromatic rings. The first-order chi connectivity index (χ1) is 8.75. The molecule has 18 heavy (non-hydrogen) atoms. The summed E-state index contributed by atoms with van der Waals surface area (Å²) < 4.78 is 6.77. The first-order valence-electron chi connectivity index (χ1n) is 6.89. The highest BCUT2D eigenvalue weighted by Crippen LogP contribution is 2.28. The second kappa shape index (κ2) is 7.15. The normalized spacial score (nSPS) is 17.9. The smallest absolute Gasteiger partial charge is 0.120 e. The van der Waals surface area contributed by atoms with E-state index in [0.717, 1.165) is 35.6 Å². The van der Waals surface area contributed by atoms with E-state index >= 15 is 0 Å². The Morgan fingerprint density at radius 3 is 2.83 bits per heavy atom. The van der Waals surface area contributed by atoms with Crippen molar-refractivity contribution in [1.29, 1.82) is 0 Å². The van der Waals surface area contributed by atoms with Gasteiger partial charge in [0.25, 0.3) is 0 Å². The third-order valence-electron chi connectivity index (χ3n) is 3.75. The van der Waals surface area contributed by atoms with E-state index in [4.69, 9.17) is 10.5 Å². The summed E-state index contributed by atoms with van der Waals surface area (Å²) in [5.41, 5.74) is 6.22. The molecular formula is C15H22BrNO. The maximum Gasteiger partial charge on any atom is 0.120 e. The minimum atomic E-state index is 0.374. The van der Waals surface area contributed by atoms with Gasteiger partial charge in [-0.05, 0) is 49.8 Å². The zero-order valence-corrected chi connectivity index (χ0v) is 12.4. The molecule has 1 saturated carbocycles. The van der Waals surface area contributed by atoms with Crippen LogP contribution in [0.25, 0.3) is 0 Å². The van der Waals surface area contributed by atoms with E-state index in [2.05, 4.69) is 15.9 Å². The summed E-state index contributed by atoms with van der Waals surface area (Å²) in [6.45, 7) is 0.761. The van der Waals surface area contributed by atoms with E-state index in [1.807, 2.05) is 24.3 Å². The molecule has 0 bridgehead atoms. The molecular weight excluding hydrogens is 290 g/mol. The third kappa shape index (κ3) is 4.29. The number of rotatable bonds is 6. The molecule has 0 aliphatic heterocycles. The molecule has 1 atom stereocenters. The minimum absolute atomic E-state index is 0.374. The molecule has 0 amide bonds. The fourth-order valence-corrected chi connectivity index (χ4v) is 3.07. The highest BCUT2D eigenvalue weighted by Gasteiger charge is 2.21. The fourth-order valence-electron chi connectivity index (χ4n) is 2.69. The predicted octanol–water partition coefficient (Wildman–Crippen LogP) is 4.13. The Hall–Kier alpha value is -0.540. The Kier molecular flexibility index (Phi) is 5.51. The van der Waals surface area contributed by atoms with E-state index < -0.39 is 0 Å². The summed E-state index contributed by atoms with van der Waals surface area (Å²) >= 11 is 3.44. The molecule has 0 spiro atoms. The lowest BCUT2D eigenvalue weighted by Crippen LogP contribution is -2.28. The van der Waals surface area contributed by atoms with Crippen LogP contribution in [-0.2, 0) is 0 Å². The van der Waals surface area contributed by atoms with Crippen molar-refractivity contribution in [2.24, 2.45) is 11.7 Å². The Bertz CT molecular complexity index is 363. The van der Waals surface area contributed by atoms with Gasteiger partial charge in [-0.25, -0.2) is 0 Å². The van der Waals surface area contributed by atoms with Gasteiger partial charge in [-0.2, -0.15) is 0 Å². The fraction of sp³-hybridized carbons (Fsp3) is 0.600. The van der Waals surface area contributed by atoms with E-state index in [0.29, 0.717) is 6.04 Å². The van der Waals surface area contributed by atoms with Crippen LogP contribution in [-0.4, -0.2) is 12.6 Å². The Morgan fingerprint density at radius 2 is 2.11 bits per heavy atom. The molecule has 0 aromatic heterocycles. The number of nitrogens with two attached hydrogens (primary N) is 1. The van der Waals surface area contributed by atoms with Crippen LogP contribution >= 0.6 is 15.9 Å². The summed E-state index contributed by atoms with van der Waals surface area (Å²) in [6, 6.07) is 8.35. The van der Waals surface area contributed by atoms with Crippen molar-refractivity contribution >= 4 is 15.9 Å². The SMILES string of the molecule is NC(CCCOc1cccc(Br)c1)C1CCCC1. The molecule has 100 valence electrons. The Balaban J connectivity index is 1.63. The van der Waals surface area contributed by atoms with Crippen molar-refractivity contribution in [2.75, 3.05) is 6.61 Å². The van der Waals surface area contributed by atoms with Gasteiger partial charge in [0.1, 0.15) is 5.75 Å². The molecule has 1 aliphatic carbocycles. The lowest BCUT2D eigenvalue weighted by atomic mass is 9.95. The van der Waals surface area contributed by atoms with Crippen LogP contribution in [0.4, 0.5) is 0 Å². The maximum atomic E-state index is 6.22. The van der Waals surface area contributed by atoms with Crippen LogP contribution < -0.4 is 10.5 Å². The molecule has 2 nitrogen and oxygen atoms in total.